The number of carbonyl (C=O) groups excluding carboxylic acids is 1. The van der Waals surface area contributed by atoms with Crippen molar-refractivity contribution in [1.82, 2.24) is 0 Å². The first-order valence-corrected chi connectivity index (χ1v) is 5.57. The lowest BCUT2D eigenvalue weighted by Gasteiger charge is -2.07. The Morgan fingerprint density at radius 3 is 2.06 bits per heavy atom. The van der Waals surface area contributed by atoms with Crippen molar-refractivity contribution < 1.29 is 18.0 Å². The van der Waals surface area contributed by atoms with Gasteiger partial charge in [0.15, 0.2) is 0 Å². The van der Waals surface area contributed by atoms with Gasteiger partial charge in [-0.15, -0.1) is 11.8 Å². The number of hydrogen-bond donors (Lipinski definition) is 0. The summed E-state index contributed by atoms with van der Waals surface area (Å²) in [4.78, 5) is 11.7. The molecule has 0 bridgehead atoms. The molecule has 0 fully saturated rings. The van der Waals surface area contributed by atoms with Gasteiger partial charge in [0.05, 0.1) is 0 Å². The molecule has 0 amide bonds. The maximum absolute atomic E-state index is 12.1. The summed E-state index contributed by atoms with van der Waals surface area (Å²) in [6.07, 6.45) is -4.80. The van der Waals surface area contributed by atoms with Gasteiger partial charge in [-0.2, -0.15) is 13.2 Å². The molecule has 0 aliphatic carbocycles. The Balaban J connectivity index is 2.83. The zero-order valence-electron chi connectivity index (χ0n) is 8.84. The Hall–Kier alpha value is -0.970. The zero-order chi connectivity index (χ0) is 12.3. The van der Waals surface area contributed by atoms with Crippen LogP contribution in [0.2, 0.25) is 0 Å². The SMILES string of the molecule is CC(C)Sc1ccc(C(=O)C(F)(F)F)cc1. The van der Waals surface area contributed by atoms with Crippen molar-refractivity contribution in [2.24, 2.45) is 0 Å². The van der Waals surface area contributed by atoms with Gasteiger partial charge < -0.3 is 0 Å². The highest BCUT2D eigenvalue weighted by molar-refractivity contribution is 7.99. The van der Waals surface area contributed by atoms with E-state index >= 15 is 0 Å². The van der Waals surface area contributed by atoms with Crippen LogP contribution in [0.4, 0.5) is 13.2 Å². The molecule has 0 unspecified atom stereocenters. The molecular formula is C11H11F3OS. The standard InChI is InChI=1S/C11H11F3OS/c1-7(2)16-9-5-3-8(4-6-9)10(15)11(12,13)14/h3-7H,1-2H3. The first-order chi connectivity index (χ1) is 7.30. The number of rotatable bonds is 3. The molecule has 0 saturated carbocycles. The van der Waals surface area contributed by atoms with Crippen LogP contribution in [0.25, 0.3) is 0 Å². The fourth-order valence-electron chi connectivity index (χ4n) is 1.12. The van der Waals surface area contributed by atoms with E-state index in [-0.39, 0.29) is 5.56 Å². The van der Waals surface area contributed by atoms with Crippen LogP contribution in [0.1, 0.15) is 24.2 Å². The first kappa shape index (κ1) is 13.1. The van der Waals surface area contributed by atoms with Gasteiger partial charge in [0.2, 0.25) is 0 Å². The average Bonchev–Trinajstić information content (AvgIpc) is 2.15. The smallest absolute Gasteiger partial charge is 0.284 e. The zero-order valence-corrected chi connectivity index (χ0v) is 9.65. The van der Waals surface area contributed by atoms with Gasteiger partial charge in [-0.1, -0.05) is 13.8 Å². The van der Waals surface area contributed by atoms with Crippen molar-refractivity contribution >= 4 is 17.5 Å². The summed E-state index contributed by atoms with van der Waals surface area (Å²) >= 11 is 1.53. The fourth-order valence-corrected chi connectivity index (χ4v) is 1.96. The summed E-state index contributed by atoms with van der Waals surface area (Å²) in [6, 6.07) is 5.48. The van der Waals surface area contributed by atoms with Crippen molar-refractivity contribution in [3.63, 3.8) is 0 Å². The molecule has 0 heterocycles. The van der Waals surface area contributed by atoms with E-state index < -0.39 is 12.0 Å². The summed E-state index contributed by atoms with van der Waals surface area (Å²) in [5.41, 5.74) is -0.319. The van der Waals surface area contributed by atoms with E-state index in [2.05, 4.69) is 0 Å². The molecule has 0 radical (unpaired) electrons. The molecule has 16 heavy (non-hydrogen) atoms. The second-order valence-electron chi connectivity index (χ2n) is 3.52. The minimum absolute atomic E-state index is 0.319. The number of benzene rings is 1. The monoisotopic (exact) mass is 248 g/mol. The van der Waals surface area contributed by atoms with Gasteiger partial charge in [0.1, 0.15) is 0 Å². The number of carbonyl (C=O) groups is 1. The number of ketones is 1. The van der Waals surface area contributed by atoms with E-state index in [0.29, 0.717) is 5.25 Å². The Bertz CT molecular complexity index is 368. The quantitative estimate of drug-likeness (QED) is 0.595. The number of alkyl halides is 3. The van der Waals surface area contributed by atoms with E-state index in [1.807, 2.05) is 13.8 Å². The molecule has 1 aromatic rings. The first-order valence-electron chi connectivity index (χ1n) is 4.69. The number of thioether (sulfide) groups is 1. The Morgan fingerprint density at radius 1 is 1.19 bits per heavy atom. The van der Waals surface area contributed by atoms with Crippen molar-refractivity contribution in [3.8, 4) is 0 Å². The molecule has 0 aliphatic heterocycles. The van der Waals surface area contributed by atoms with Gasteiger partial charge in [-0.05, 0) is 24.3 Å². The summed E-state index contributed by atoms with van der Waals surface area (Å²) in [5.74, 6) is -1.80. The Morgan fingerprint density at radius 2 is 1.69 bits per heavy atom. The van der Waals surface area contributed by atoms with Crippen LogP contribution in [0.5, 0.6) is 0 Å². The van der Waals surface area contributed by atoms with Crippen molar-refractivity contribution in [1.29, 1.82) is 0 Å². The molecule has 1 aromatic carbocycles. The van der Waals surface area contributed by atoms with Gasteiger partial charge in [-0.3, -0.25) is 4.79 Å². The molecule has 0 saturated heterocycles. The lowest BCUT2D eigenvalue weighted by molar-refractivity contribution is -0.0885. The van der Waals surface area contributed by atoms with Crippen molar-refractivity contribution in [2.45, 2.75) is 30.2 Å². The van der Waals surface area contributed by atoms with Crippen LogP contribution >= 0.6 is 11.8 Å². The van der Waals surface area contributed by atoms with Crippen molar-refractivity contribution in [2.75, 3.05) is 0 Å². The molecule has 88 valence electrons. The predicted octanol–water partition coefficient (Wildman–Crippen LogP) is 3.93. The molecule has 0 aliphatic rings. The van der Waals surface area contributed by atoms with E-state index in [4.69, 9.17) is 0 Å². The number of hydrogen-bond acceptors (Lipinski definition) is 2. The number of halogens is 3. The topological polar surface area (TPSA) is 17.1 Å². The molecule has 0 atom stereocenters. The highest BCUT2D eigenvalue weighted by Crippen LogP contribution is 2.25. The maximum Gasteiger partial charge on any atom is 0.454 e. The summed E-state index contributed by atoms with van der Waals surface area (Å²) in [5, 5.41) is 0.351. The van der Waals surface area contributed by atoms with Crippen LogP contribution < -0.4 is 0 Å². The molecule has 1 nitrogen and oxygen atoms in total. The largest absolute Gasteiger partial charge is 0.454 e. The van der Waals surface area contributed by atoms with Crippen LogP contribution in [0, 0.1) is 0 Å². The summed E-state index contributed by atoms with van der Waals surface area (Å²) < 4.78 is 36.3. The highest BCUT2D eigenvalue weighted by atomic mass is 32.2. The molecule has 0 N–H and O–H groups in total. The third kappa shape index (κ3) is 3.56. The lowest BCUT2D eigenvalue weighted by Crippen LogP contribution is -2.22. The molecule has 0 spiro atoms. The average molecular weight is 248 g/mol. The molecule has 0 aromatic heterocycles. The summed E-state index contributed by atoms with van der Waals surface area (Å²) in [7, 11) is 0. The Kier molecular flexibility index (Phi) is 4.02. The second kappa shape index (κ2) is 4.91. The van der Waals surface area contributed by atoms with Crippen molar-refractivity contribution in [3.05, 3.63) is 29.8 Å². The predicted molar refractivity (Wildman–Crippen MR) is 57.8 cm³/mol. The third-order valence-electron chi connectivity index (χ3n) is 1.75. The van der Waals surface area contributed by atoms with Gasteiger partial charge >= 0.3 is 6.18 Å². The van der Waals surface area contributed by atoms with Crippen LogP contribution in [0.15, 0.2) is 29.2 Å². The van der Waals surface area contributed by atoms with E-state index in [0.717, 1.165) is 4.90 Å². The molecule has 1 rings (SSSR count). The van der Waals surface area contributed by atoms with Gasteiger partial charge in [0.25, 0.3) is 5.78 Å². The van der Waals surface area contributed by atoms with Gasteiger partial charge in [0, 0.05) is 15.7 Å². The lowest BCUT2D eigenvalue weighted by atomic mass is 10.1. The molecule has 5 heteroatoms. The minimum atomic E-state index is -4.80. The van der Waals surface area contributed by atoms with Crippen LogP contribution in [0.3, 0.4) is 0 Å². The highest BCUT2D eigenvalue weighted by Gasteiger charge is 2.39. The van der Waals surface area contributed by atoms with Gasteiger partial charge in [-0.25, -0.2) is 0 Å². The van der Waals surface area contributed by atoms with E-state index in [1.54, 1.807) is 0 Å². The van der Waals surface area contributed by atoms with Crippen LogP contribution in [-0.2, 0) is 0 Å². The maximum atomic E-state index is 12.1. The minimum Gasteiger partial charge on any atom is -0.284 e. The Labute approximate surface area is 96.0 Å². The second-order valence-corrected chi connectivity index (χ2v) is 5.17. The van der Waals surface area contributed by atoms with Crippen LogP contribution in [-0.4, -0.2) is 17.2 Å². The normalized spacial score (nSPS) is 11.9. The van der Waals surface area contributed by atoms with E-state index in [1.165, 1.54) is 36.0 Å². The number of Topliss-reactive ketones (excluding diaryl/α,β-unsaturated/α-hetero) is 1. The molecular weight excluding hydrogens is 237 g/mol. The van der Waals surface area contributed by atoms with E-state index in [9.17, 15) is 18.0 Å². The third-order valence-corrected chi connectivity index (χ3v) is 2.76. The fraction of sp³-hybridized carbons (Fsp3) is 0.364. The summed E-state index contributed by atoms with van der Waals surface area (Å²) in [6.45, 7) is 3.97.